The highest BCUT2D eigenvalue weighted by molar-refractivity contribution is 6.09. The Bertz CT molecular complexity index is 832. The number of benzene rings is 1. The molecule has 1 aromatic rings. The summed E-state index contributed by atoms with van der Waals surface area (Å²) in [6.07, 6.45) is 8.29. The van der Waals surface area contributed by atoms with Gasteiger partial charge >= 0.3 is 6.03 Å². The van der Waals surface area contributed by atoms with Gasteiger partial charge in [0.1, 0.15) is 17.8 Å². The molecular formula is C24H33N3O4. The van der Waals surface area contributed by atoms with Gasteiger partial charge in [-0.2, -0.15) is 0 Å². The second kappa shape index (κ2) is 8.89. The van der Waals surface area contributed by atoms with E-state index >= 15 is 0 Å². The standard InChI is InChI=1S/C24H33N3O4/c1-25-23(30)27(22(29)24(25)14-6-4-7-15-24)17-21(28)26-16-8-3-5-9-20(26)18-10-12-19(31-2)13-11-18/h10-13,20H,3-9,14-17H2,1-2H3/t20-/m1/s1. The lowest BCUT2D eigenvalue weighted by Crippen LogP contribution is -2.49. The largest absolute Gasteiger partial charge is 0.497 e. The number of urea groups is 1. The molecule has 4 amide bonds. The molecule has 7 heteroatoms. The van der Waals surface area contributed by atoms with Gasteiger partial charge < -0.3 is 14.5 Å². The van der Waals surface area contributed by atoms with E-state index in [9.17, 15) is 14.4 Å². The number of rotatable bonds is 4. The molecule has 168 valence electrons. The highest BCUT2D eigenvalue weighted by Gasteiger charge is 2.56. The first kappa shape index (κ1) is 21.7. The molecule has 3 aliphatic rings. The Labute approximate surface area is 184 Å². The van der Waals surface area contributed by atoms with Gasteiger partial charge in [-0.3, -0.25) is 14.5 Å². The summed E-state index contributed by atoms with van der Waals surface area (Å²) in [5.74, 6) is 0.443. The average Bonchev–Trinajstić information content (AvgIpc) is 3.00. The molecule has 0 radical (unpaired) electrons. The van der Waals surface area contributed by atoms with Crippen molar-refractivity contribution in [2.45, 2.75) is 69.4 Å². The molecule has 0 unspecified atom stereocenters. The predicted octanol–water partition coefficient (Wildman–Crippen LogP) is 3.74. The number of carbonyl (C=O) groups excluding carboxylic acids is 3. The zero-order valence-electron chi connectivity index (χ0n) is 18.6. The zero-order chi connectivity index (χ0) is 22.0. The van der Waals surface area contributed by atoms with Crippen molar-refractivity contribution in [3.05, 3.63) is 29.8 Å². The maximum atomic E-state index is 13.4. The van der Waals surface area contributed by atoms with Crippen LogP contribution in [0.3, 0.4) is 0 Å². The Hall–Kier alpha value is -2.57. The first-order chi connectivity index (χ1) is 15.0. The van der Waals surface area contributed by atoms with Gasteiger partial charge in [0.25, 0.3) is 5.91 Å². The topological polar surface area (TPSA) is 70.2 Å². The molecule has 3 fully saturated rings. The molecule has 0 N–H and O–H groups in total. The molecule has 2 heterocycles. The quantitative estimate of drug-likeness (QED) is 0.687. The van der Waals surface area contributed by atoms with E-state index in [1.807, 2.05) is 29.2 Å². The second-order valence-corrected chi connectivity index (χ2v) is 9.05. The Morgan fingerprint density at radius 1 is 1.03 bits per heavy atom. The number of hydrogen-bond donors (Lipinski definition) is 0. The summed E-state index contributed by atoms with van der Waals surface area (Å²) in [5.41, 5.74) is 0.319. The number of hydrogen-bond acceptors (Lipinski definition) is 4. The summed E-state index contributed by atoms with van der Waals surface area (Å²) in [4.78, 5) is 44.3. The van der Waals surface area contributed by atoms with Crippen molar-refractivity contribution in [2.24, 2.45) is 0 Å². The summed E-state index contributed by atoms with van der Waals surface area (Å²) in [5, 5.41) is 0. The van der Waals surface area contributed by atoms with Crippen molar-refractivity contribution < 1.29 is 19.1 Å². The molecule has 0 aromatic heterocycles. The van der Waals surface area contributed by atoms with Gasteiger partial charge in [-0.1, -0.05) is 44.2 Å². The van der Waals surface area contributed by atoms with E-state index < -0.39 is 5.54 Å². The van der Waals surface area contributed by atoms with Crippen LogP contribution in [0.15, 0.2) is 24.3 Å². The summed E-state index contributed by atoms with van der Waals surface area (Å²) < 4.78 is 5.27. The van der Waals surface area contributed by atoms with Crippen LogP contribution in [0, 0.1) is 0 Å². The van der Waals surface area contributed by atoms with Crippen molar-refractivity contribution in [1.29, 1.82) is 0 Å². The van der Waals surface area contributed by atoms with E-state index in [0.29, 0.717) is 19.4 Å². The van der Waals surface area contributed by atoms with E-state index in [4.69, 9.17) is 4.74 Å². The molecule has 1 aromatic carbocycles. The van der Waals surface area contributed by atoms with Gasteiger partial charge in [0.05, 0.1) is 13.2 Å². The summed E-state index contributed by atoms with van der Waals surface area (Å²) in [6, 6.07) is 7.46. The third kappa shape index (κ3) is 3.90. The molecule has 1 saturated carbocycles. The minimum absolute atomic E-state index is 0.0462. The molecule has 1 spiro atoms. The monoisotopic (exact) mass is 427 g/mol. The van der Waals surface area contributed by atoms with Crippen LogP contribution in [-0.2, 0) is 9.59 Å². The smallest absolute Gasteiger partial charge is 0.327 e. The van der Waals surface area contributed by atoms with Gasteiger partial charge in [0, 0.05) is 13.6 Å². The van der Waals surface area contributed by atoms with Gasteiger partial charge in [-0.15, -0.1) is 0 Å². The van der Waals surface area contributed by atoms with Crippen LogP contribution in [0.1, 0.15) is 69.4 Å². The van der Waals surface area contributed by atoms with E-state index in [1.165, 1.54) is 4.90 Å². The lowest BCUT2D eigenvalue weighted by molar-refractivity contribution is -0.141. The van der Waals surface area contributed by atoms with Crippen molar-refractivity contribution in [2.75, 3.05) is 27.2 Å². The summed E-state index contributed by atoms with van der Waals surface area (Å²) >= 11 is 0. The van der Waals surface area contributed by atoms with Gasteiger partial charge in [-0.05, 0) is 43.4 Å². The Morgan fingerprint density at radius 2 is 1.71 bits per heavy atom. The van der Waals surface area contributed by atoms with Crippen LogP contribution in [0.2, 0.25) is 0 Å². The number of carbonyl (C=O) groups is 3. The van der Waals surface area contributed by atoms with Crippen molar-refractivity contribution >= 4 is 17.8 Å². The van der Waals surface area contributed by atoms with E-state index in [0.717, 1.165) is 56.3 Å². The third-order valence-corrected chi connectivity index (χ3v) is 7.35. The minimum atomic E-state index is -0.746. The Balaban J connectivity index is 1.53. The Morgan fingerprint density at radius 3 is 2.39 bits per heavy atom. The number of methoxy groups -OCH3 is 1. The predicted molar refractivity (Wildman–Crippen MR) is 117 cm³/mol. The fraction of sp³-hybridized carbons (Fsp3) is 0.625. The minimum Gasteiger partial charge on any atom is -0.497 e. The van der Waals surface area contributed by atoms with Crippen LogP contribution < -0.4 is 4.74 Å². The first-order valence-corrected chi connectivity index (χ1v) is 11.5. The molecule has 0 bridgehead atoms. The number of imide groups is 1. The fourth-order valence-electron chi connectivity index (χ4n) is 5.48. The molecule has 7 nitrogen and oxygen atoms in total. The average molecular weight is 428 g/mol. The van der Waals surface area contributed by atoms with Crippen LogP contribution in [0.4, 0.5) is 4.79 Å². The molecule has 31 heavy (non-hydrogen) atoms. The van der Waals surface area contributed by atoms with Crippen LogP contribution in [0.5, 0.6) is 5.75 Å². The van der Waals surface area contributed by atoms with Crippen LogP contribution >= 0.6 is 0 Å². The maximum Gasteiger partial charge on any atom is 0.327 e. The number of nitrogens with zero attached hydrogens (tertiary/aromatic N) is 3. The normalized spacial score (nSPS) is 23.9. The molecular weight excluding hydrogens is 394 g/mol. The van der Waals surface area contributed by atoms with Crippen molar-refractivity contribution in [3.63, 3.8) is 0 Å². The molecule has 4 rings (SSSR count). The molecule has 1 aliphatic carbocycles. The van der Waals surface area contributed by atoms with E-state index in [-0.39, 0.29) is 30.4 Å². The van der Waals surface area contributed by atoms with E-state index in [2.05, 4.69) is 0 Å². The van der Waals surface area contributed by atoms with Gasteiger partial charge in [0.15, 0.2) is 0 Å². The van der Waals surface area contributed by atoms with Crippen molar-refractivity contribution in [1.82, 2.24) is 14.7 Å². The second-order valence-electron chi connectivity index (χ2n) is 9.05. The SMILES string of the molecule is COc1ccc([C@H]2CCCCCN2C(=O)CN2C(=O)N(C)C3(CCCCC3)C2=O)cc1. The van der Waals surface area contributed by atoms with Gasteiger partial charge in [0.2, 0.25) is 5.91 Å². The first-order valence-electron chi connectivity index (χ1n) is 11.5. The molecule has 2 aliphatic heterocycles. The van der Waals surface area contributed by atoms with Crippen LogP contribution in [-0.4, -0.2) is 65.3 Å². The zero-order valence-corrected chi connectivity index (χ0v) is 18.6. The van der Waals surface area contributed by atoms with Crippen LogP contribution in [0.25, 0.3) is 0 Å². The highest BCUT2D eigenvalue weighted by atomic mass is 16.5. The van der Waals surface area contributed by atoms with E-state index in [1.54, 1.807) is 19.1 Å². The number of likely N-dealkylation sites (N-methyl/N-ethyl adjacent to an activating group) is 1. The van der Waals surface area contributed by atoms with Gasteiger partial charge in [-0.25, -0.2) is 4.79 Å². The highest BCUT2D eigenvalue weighted by Crippen LogP contribution is 2.39. The lowest BCUT2D eigenvalue weighted by atomic mass is 9.81. The lowest BCUT2D eigenvalue weighted by Gasteiger charge is -2.36. The molecule has 1 atom stereocenters. The fourth-order valence-corrected chi connectivity index (χ4v) is 5.48. The number of ether oxygens (including phenoxy) is 1. The number of amides is 4. The third-order valence-electron chi connectivity index (χ3n) is 7.35. The Kier molecular flexibility index (Phi) is 6.21. The van der Waals surface area contributed by atoms with Crippen molar-refractivity contribution in [3.8, 4) is 5.75 Å². The maximum absolute atomic E-state index is 13.4. The summed E-state index contributed by atoms with van der Waals surface area (Å²) in [7, 11) is 3.35. The molecule has 2 saturated heterocycles. The number of likely N-dealkylation sites (tertiary alicyclic amines) is 1. The summed E-state index contributed by atoms with van der Waals surface area (Å²) in [6.45, 7) is 0.475.